The molecular formula is C38H61N11O11S. The van der Waals surface area contributed by atoms with Gasteiger partial charge in [0.1, 0.15) is 12.1 Å². The molecule has 22 nitrogen and oxygen atoms in total. The van der Waals surface area contributed by atoms with E-state index in [9.17, 15) is 48.6 Å². The van der Waals surface area contributed by atoms with Gasteiger partial charge in [0.25, 0.3) is 0 Å². The minimum Gasteiger partial charge on any atom is -0.481 e. The molecule has 61 heavy (non-hydrogen) atoms. The van der Waals surface area contributed by atoms with Crippen LogP contribution in [0.4, 0.5) is 9.59 Å². The van der Waals surface area contributed by atoms with E-state index in [1.54, 1.807) is 24.3 Å². The number of amides is 6. The number of carboxylic acids is 3. The fourth-order valence-electron chi connectivity index (χ4n) is 5.74. The van der Waals surface area contributed by atoms with Crippen molar-refractivity contribution in [2.45, 2.75) is 108 Å². The maximum absolute atomic E-state index is 13.7. The third-order valence-electron chi connectivity index (χ3n) is 9.04. The van der Waals surface area contributed by atoms with Crippen LogP contribution in [0, 0.1) is 11.3 Å². The van der Waals surface area contributed by atoms with E-state index < -0.39 is 71.6 Å². The number of rotatable bonds is 32. The van der Waals surface area contributed by atoms with Crippen molar-refractivity contribution in [3.63, 3.8) is 0 Å². The predicted molar refractivity (Wildman–Crippen MR) is 228 cm³/mol. The quantitative estimate of drug-likeness (QED) is 0.0195. The number of carboxylic acid groups (broad SMARTS) is 3. The van der Waals surface area contributed by atoms with Crippen molar-refractivity contribution in [3.05, 3.63) is 35.4 Å². The Morgan fingerprint density at radius 3 is 1.89 bits per heavy atom. The summed E-state index contributed by atoms with van der Waals surface area (Å²) in [5.74, 6) is -6.39. The molecule has 0 heterocycles. The highest BCUT2D eigenvalue weighted by molar-refractivity contribution is 7.80. The Kier molecular flexibility index (Phi) is 26.0. The van der Waals surface area contributed by atoms with Crippen LogP contribution in [0.2, 0.25) is 0 Å². The molecule has 1 aromatic carbocycles. The number of carbonyl (C=O) groups is 8. The summed E-state index contributed by atoms with van der Waals surface area (Å²) in [7, 11) is 0. The maximum atomic E-state index is 13.7. The Balaban J connectivity index is 2.74. The van der Waals surface area contributed by atoms with Gasteiger partial charge in [-0.15, -0.1) is 0 Å². The predicted octanol–water partition coefficient (Wildman–Crippen LogP) is -0.0748. The van der Waals surface area contributed by atoms with Gasteiger partial charge >= 0.3 is 30.0 Å². The molecule has 0 aliphatic carbocycles. The molecule has 340 valence electrons. The molecule has 0 fully saturated rings. The highest BCUT2D eigenvalue weighted by Crippen LogP contribution is 2.17. The van der Waals surface area contributed by atoms with Crippen LogP contribution < -0.4 is 49.1 Å². The molecule has 1 rings (SSSR count). The minimum atomic E-state index is -1.29. The zero-order chi connectivity index (χ0) is 45.7. The van der Waals surface area contributed by atoms with Gasteiger partial charge in [-0.3, -0.25) is 29.6 Å². The summed E-state index contributed by atoms with van der Waals surface area (Å²) in [6, 6.07) is 2.21. The molecule has 0 spiro atoms. The van der Waals surface area contributed by atoms with Gasteiger partial charge in [0, 0.05) is 57.1 Å². The molecule has 0 bridgehead atoms. The lowest BCUT2D eigenvalue weighted by molar-refractivity contribution is -0.142. The second-order valence-corrected chi connectivity index (χ2v) is 14.5. The second-order valence-electron chi connectivity index (χ2n) is 14.2. The van der Waals surface area contributed by atoms with Gasteiger partial charge < -0.3 is 64.4 Å². The van der Waals surface area contributed by atoms with Crippen LogP contribution in [0.25, 0.3) is 0 Å². The summed E-state index contributed by atoms with van der Waals surface area (Å²) in [6.07, 6.45) is 2.49. The normalized spacial score (nSPS) is 12.6. The number of Topliss-reactive ketones (excluding diaryl/α,β-unsaturated/α-hetero) is 1. The van der Waals surface area contributed by atoms with E-state index in [1.807, 2.05) is 0 Å². The number of nitrogens with zero attached hydrogens (tertiary/aromatic N) is 1. The van der Waals surface area contributed by atoms with Crippen molar-refractivity contribution < 1.29 is 53.7 Å². The zero-order valence-electron chi connectivity index (χ0n) is 34.1. The summed E-state index contributed by atoms with van der Waals surface area (Å²) in [5.41, 5.74) is 17.6. The summed E-state index contributed by atoms with van der Waals surface area (Å²) < 4.78 is 0. The minimum absolute atomic E-state index is 0.0204. The average molecular weight is 880 g/mol. The van der Waals surface area contributed by atoms with Crippen molar-refractivity contribution in [1.29, 1.82) is 5.41 Å². The molecule has 0 saturated carbocycles. The fourth-order valence-corrected chi connectivity index (χ4v) is 5.99. The number of ketones is 1. The van der Waals surface area contributed by atoms with E-state index >= 15 is 0 Å². The highest BCUT2D eigenvalue weighted by Gasteiger charge is 2.30. The number of thiol groups is 1. The number of guanidine groups is 1. The van der Waals surface area contributed by atoms with Crippen LogP contribution in [0.5, 0.6) is 0 Å². The lowest BCUT2D eigenvalue weighted by Crippen LogP contribution is -2.47. The first-order chi connectivity index (χ1) is 28.9. The Morgan fingerprint density at radius 1 is 0.672 bits per heavy atom. The Hall–Kier alpha value is -6.13. The first-order valence-electron chi connectivity index (χ1n) is 19.8. The largest absolute Gasteiger partial charge is 0.481 e. The number of benzene rings is 1. The van der Waals surface area contributed by atoms with Crippen LogP contribution in [0.3, 0.4) is 0 Å². The van der Waals surface area contributed by atoms with Crippen LogP contribution in [-0.4, -0.2) is 118 Å². The number of nitrogens with one attached hydrogen (secondary N) is 7. The average Bonchev–Trinajstić information content (AvgIpc) is 3.19. The Morgan fingerprint density at radius 2 is 1.28 bits per heavy atom. The second kappa shape index (κ2) is 30.0. The summed E-state index contributed by atoms with van der Waals surface area (Å²) in [6.45, 7) is 0.647. The van der Waals surface area contributed by atoms with Crippen molar-refractivity contribution in [3.8, 4) is 0 Å². The van der Waals surface area contributed by atoms with Gasteiger partial charge in [0.15, 0.2) is 11.7 Å². The molecule has 0 saturated heterocycles. The van der Waals surface area contributed by atoms with Gasteiger partial charge in [0.2, 0.25) is 11.8 Å². The Labute approximate surface area is 359 Å². The van der Waals surface area contributed by atoms with E-state index in [0.717, 1.165) is 5.56 Å². The molecule has 16 N–H and O–H groups in total. The molecule has 1 unspecified atom stereocenters. The van der Waals surface area contributed by atoms with Gasteiger partial charge in [-0.25, -0.2) is 19.2 Å². The van der Waals surface area contributed by atoms with Crippen molar-refractivity contribution >= 4 is 72.0 Å². The van der Waals surface area contributed by atoms with Crippen LogP contribution in [-0.2, 0) is 41.7 Å². The maximum Gasteiger partial charge on any atom is 0.327 e. The van der Waals surface area contributed by atoms with Crippen LogP contribution in [0.15, 0.2) is 29.3 Å². The molecule has 6 amide bonds. The summed E-state index contributed by atoms with van der Waals surface area (Å²) in [5, 5.41) is 50.2. The van der Waals surface area contributed by atoms with Gasteiger partial charge in [0.05, 0.1) is 18.3 Å². The molecule has 0 radical (unpaired) electrons. The summed E-state index contributed by atoms with van der Waals surface area (Å²) in [4.78, 5) is 102. The van der Waals surface area contributed by atoms with E-state index in [2.05, 4.69) is 49.5 Å². The number of urea groups is 2. The molecule has 0 aliphatic rings. The van der Waals surface area contributed by atoms with Crippen LogP contribution in [0.1, 0.15) is 88.2 Å². The first kappa shape index (κ1) is 52.9. The van der Waals surface area contributed by atoms with Crippen molar-refractivity contribution in [2.24, 2.45) is 28.1 Å². The molecule has 1 aromatic rings. The monoisotopic (exact) mass is 879 g/mol. The molecule has 4 atom stereocenters. The number of hydrogen-bond acceptors (Lipinski definition) is 11. The van der Waals surface area contributed by atoms with Crippen LogP contribution >= 0.6 is 12.6 Å². The zero-order valence-corrected chi connectivity index (χ0v) is 35.0. The molecule has 0 aromatic heterocycles. The number of nitrogens with two attached hydrogens (primary N) is 3. The molecule has 23 heteroatoms. The lowest BCUT2D eigenvalue weighted by Gasteiger charge is -2.23. The van der Waals surface area contributed by atoms with E-state index in [4.69, 9.17) is 27.7 Å². The number of amidine groups is 1. The van der Waals surface area contributed by atoms with Gasteiger partial charge in [-0.2, -0.15) is 12.6 Å². The van der Waals surface area contributed by atoms with Gasteiger partial charge in [-0.05, 0) is 62.5 Å². The standard InChI is InChI=1S/C38H61N11O11S/c39-30(40)10-2-1-8-26(29(50)20-25(7-5-17-43-36(41)42)33(54)48-28(22-61)35(57)58)47-31(51)19-23-12-14-24(15-13-23)21-46-37(59)44-16-4-3-9-27(34(55)56)49-38(60)45-18-6-11-32(52)53/h12-15,25-28,61H,1-11,16-22H2,(H3,39,40)(H,47,51)(H,48,54)(H,52,53)(H,55,56)(H,57,58)(H4,41,42,43)(H2,44,46,59)(H2,45,49,60)/t25-,26+,27?,28+/m1/s1. The highest BCUT2D eigenvalue weighted by atomic mass is 32.1. The van der Waals surface area contributed by atoms with E-state index in [0.29, 0.717) is 44.1 Å². The first-order valence-corrected chi connectivity index (χ1v) is 20.5. The van der Waals surface area contributed by atoms with E-state index in [1.165, 1.54) is 0 Å². The number of aliphatic imine (C=N–C) groups is 1. The number of unbranched alkanes of at least 4 members (excludes halogenated alkanes) is 2. The topological polar surface area (TPSA) is 384 Å². The summed E-state index contributed by atoms with van der Waals surface area (Å²) >= 11 is 3.99. The molecular weight excluding hydrogens is 819 g/mol. The smallest absolute Gasteiger partial charge is 0.327 e. The fraction of sp³-hybridized carbons (Fsp3) is 0.579. The van der Waals surface area contributed by atoms with Crippen molar-refractivity contribution in [2.75, 3.05) is 25.4 Å². The third-order valence-corrected chi connectivity index (χ3v) is 9.40. The Bertz CT molecular complexity index is 1660. The third kappa shape index (κ3) is 25.2. The SMILES string of the molecule is N=C(N)CCCC[C@H](NC(=O)Cc1ccc(CNC(=O)NCCCCC(NC(=O)NCCCC(=O)O)C(=O)O)cc1)C(=O)C[C@@H](CCCN=C(N)N)C(=O)N[C@@H](CS)C(=O)O. The number of carbonyl (C=O) groups excluding carboxylic acids is 5. The lowest BCUT2D eigenvalue weighted by atomic mass is 9.91. The molecule has 0 aliphatic heterocycles. The number of aliphatic carboxylic acids is 3. The van der Waals surface area contributed by atoms with Crippen molar-refractivity contribution in [1.82, 2.24) is 31.9 Å². The van der Waals surface area contributed by atoms with Gasteiger partial charge in [-0.1, -0.05) is 30.7 Å². The van der Waals surface area contributed by atoms with E-state index in [-0.39, 0.29) is 88.7 Å². The number of hydrogen-bond donors (Lipinski definition) is 14.